The molecular weight excluding hydrogens is 250 g/mol. The van der Waals surface area contributed by atoms with Gasteiger partial charge in [-0.05, 0) is 30.4 Å². The number of carbonyl (C=O) groups is 1. The van der Waals surface area contributed by atoms with E-state index in [0.717, 1.165) is 56.7 Å². The Labute approximate surface area is 120 Å². The van der Waals surface area contributed by atoms with Crippen LogP contribution in [0.3, 0.4) is 0 Å². The van der Waals surface area contributed by atoms with Gasteiger partial charge in [0.2, 0.25) is 0 Å². The summed E-state index contributed by atoms with van der Waals surface area (Å²) in [5.74, 6) is 1.67. The highest BCUT2D eigenvalue weighted by Crippen LogP contribution is 2.24. The van der Waals surface area contributed by atoms with Crippen LogP contribution in [0.2, 0.25) is 0 Å². The van der Waals surface area contributed by atoms with Crippen molar-refractivity contribution >= 4 is 5.91 Å². The fourth-order valence-electron chi connectivity index (χ4n) is 2.76. The minimum Gasteiger partial charge on any atom is -0.337 e. The Bertz CT molecular complexity index is 490. The van der Waals surface area contributed by atoms with Crippen molar-refractivity contribution < 1.29 is 4.79 Å². The third kappa shape index (κ3) is 2.70. The minimum absolute atomic E-state index is 0.0850. The van der Waals surface area contributed by atoms with E-state index < -0.39 is 0 Å². The maximum absolute atomic E-state index is 12.1. The molecule has 0 bridgehead atoms. The molecule has 2 aliphatic heterocycles. The van der Waals surface area contributed by atoms with Crippen molar-refractivity contribution in [2.24, 2.45) is 11.8 Å². The lowest BCUT2D eigenvalue weighted by Gasteiger charge is -2.41. The lowest BCUT2D eigenvalue weighted by atomic mass is 9.88. The molecule has 108 valence electrons. The summed E-state index contributed by atoms with van der Waals surface area (Å²) < 4.78 is 0. The van der Waals surface area contributed by atoms with E-state index in [1.54, 1.807) is 0 Å². The van der Waals surface area contributed by atoms with E-state index in [-0.39, 0.29) is 5.91 Å². The standard InChI is InChI=1S/C16H23N3O/c1-12(2)13-9-18(10-13)11-14-5-3-6-15(17-14)16(20)19-7-4-8-19/h3,5-6,12-13H,4,7-11H2,1-2H3. The van der Waals surface area contributed by atoms with Crippen molar-refractivity contribution in [3.8, 4) is 0 Å². The SMILES string of the molecule is CC(C)C1CN(Cc2cccc(C(=O)N3CCC3)n2)C1. The van der Waals surface area contributed by atoms with Gasteiger partial charge in [-0.1, -0.05) is 19.9 Å². The Morgan fingerprint density at radius 1 is 1.35 bits per heavy atom. The maximum Gasteiger partial charge on any atom is 0.272 e. The molecule has 3 rings (SSSR count). The number of nitrogens with zero attached hydrogens (tertiary/aromatic N) is 3. The molecule has 0 spiro atoms. The summed E-state index contributed by atoms with van der Waals surface area (Å²) in [6.45, 7) is 9.51. The summed E-state index contributed by atoms with van der Waals surface area (Å²) in [7, 11) is 0. The molecule has 1 amide bonds. The third-order valence-electron chi connectivity index (χ3n) is 4.48. The summed E-state index contributed by atoms with van der Waals surface area (Å²) in [5.41, 5.74) is 1.61. The number of rotatable bonds is 4. The van der Waals surface area contributed by atoms with E-state index in [2.05, 4.69) is 23.7 Å². The van der Waals surface area contributed by atoms with Gasteiger partial charge in [0.25, 0.3) is 5.91 Å². The molecule has 2 saturated heterocycles. The Hall–Kier alpha value is -1.42. The van der Waals surface area contributed by atoms with E-state index in [1.807, 2.05) is 23.1 Å². The number of carbonyl (C=O) groups excluding carboxylic acids is 1. The highest BCUT2D eigenvalue weighted by molar-refractivity contribution is 5.92. The van der Waals surface area contributed by atoms with Crippen LogP contribution in [0.5, 0.6) is 0 Å². The first-order chi connectivity index (χ1) is 9.63. The van der Waals surface area contributed by atoms with E-state index in [0.29, 0.717) is 5.69 Å². The van der Waals surface area contributed by atoms with Crippen molar-refractivity contribution in [1.82, 2.24) is 14.8 Å². The van der Waals surface area contributed by atoms with E-state index in [4.69, 9.17) is 0 Å². The molecule has 0 radical (unpaired) electrons. The molecule has 1 aromatic rings. The van der Waals surface area contributed by atoms with Crippen LogP contribution in [0.4, 0.5) is 0 Å². The number of likely N-dealkylation sites (tertiary alicyclic amines) is 2. The molecule has 0 atom stereocenters. The molecule has 2 aliphatic rings. The van der Waals surface area contributed by atoms with E-state index >= 15 is 0 Å². The van der Waals surface area contributed by atoms with Gasteiger partial charge in [0.1, 0.15) is 5.69 Å². The van der Waals surface area contributed by atoms with Crippen LogP contribution in [-0.4, -0.2) is 46.9 Å². The largest absolute Gasteiger partial charge is 0.337 e. The van der Waals surface area contributed by atoms with Gasteiger partial charge in [-0.25, -0.2) is 4.98 Å². The van der Waals surface area contributed by atoms with Crippen molar-refractivity contribution in [3.63, 3.8) is 0 Å². The van der Waals surface area contributed by atoms with Gasteiger partial charge in [-0.3, -0.25) is 9.69 Å². The van der Waals surface area contributed by atoms with Crippen LogP contribution < -0.4 is 0 Å². The monoisotopic (exact) mass is 273 g/mol. The molecule has 0 saturated carbocycles. The molecule has 3 heterocycles. The number of pyridine rings is 1. The Morgan fingerprint density at radius 3 is 2.70 bits per heavy atom. The lowest BCUT2D eigenvalue weighted by Crippen LogP contribution is -2.48. The van der Waals surface area contributed by atoms with Crippen LogP contribution >= 0.6 is 0 Å². The molecule has 0 aromatic carbocycles. The number of hydrogen-bond donors (Lipinski definition) is 0. The first-order valence-electron chi connectivity index (χ1n) is 7.61. The maximum atomic E-state index is 12.1. The molecule has 0 unspecified atom stereocenters. The van der Waals surface area contributed by atoms with Crippen molar-refractivity contribution in [2.75, 3.05) is 26.2 Å². The first-order valence-corrected chi connectivity index (χ1v) is 7.61. The number of aromatic nitrogens is 1. The smallest absolute Gasteiger partial charge is 0.272 e. The molecule has 0 N–H and O–H groups in total. The summed E-state index contributed by atoms with van der Waals surface area (Å²) in [5, 5.41) is 0. The average molecular weight is 273 g/mol. The summed E-state index contributed by atoms with van der Waals surface area (Å²) >= 11 is 0. The average Bonchev–Trinajstić information content (AvgIpc) is 2.31. The van der Waals surface area contributed by atoms with Gasteiger partial charge >= 0.3 is 0 Å². The topological polar surface area (TPSA) is 36.4 Å². The zero-order chi connectivity index (χ0) is 14.1. The van der Waals surface area contributed by atoms with Crippen LogP contribution in [0.15, 0.2) is 18.2 Å². The summed E-state index contributed by atoms with van der Waals surface area (Å²) in [6.07, 6.45) is 1.12. The number of hydrogen-bond acceptors (Lipinski definition) is 3. The lowest BCUT2D eigenvalue weighted by molar-refractivity contribution is 0.0594. The zero-order valence-electron chi connectivity index (χ0n) is 12.4. The Balaban J connectivity index is 1.59. The second kappa shape index (κ2) is 5.52. The molecule has 4 heteroatoms. The van der Waals surface area contributed by atoms with Gasteiger partial charge in [0.05, 0.1) is 5.69 Å². The van der Waals surface area contributed by atoms with Gasteiger partial charge in [0, 0.05) is 32.7 Å². The van der Waals surface area contributed by atoms with Crippen molar-refractivity contribution in [2.45, 2.75) is 26.8 Å². The van der Waals surface area contributed by atoms with Crippen molar-refractivity contribution in [3.05, 3.63) is 29.6 Å². The molecule has 4 nitrogen and oxygen atoms in total. The second-order valence-electron chi connectivity index (χ2n) is 6.36. The highest BCUT2D eigenvalue weighted by atomic mass is 16.2. The normalized spacial score (nSPS) is 19.9. The van der Waals surface area contributed by atoms with E-state index in [1.165, 1.54) is 0 Å². The number of amides is 1. The predicted octanol–water partition coefficient (Wildman–Crippen LogP) is 2.02. The molecule has 2 fully saturated rings. The molecule has 20 heavy (non-hydrogen) atoms. The zero-order valence-corrected chi connectivity index (χ0v) is 12.4. The highest BCUT2D eigenvalue weighted by Gasteiger charge is 2.29. The van der Waals surface area contributed by atoms with Gasteiger partial charge in [-0.2, -0.15) is 0 Å². The van der Waals surface area contributed by atoms with E-state index in [9.17, 15) is 4.79 Å². The fraction of sp³-hybridized carbons (Fsp3) is 0.625. The predicted molar refractivity (Wildman–Crippen MR) is 78.4 cm³/mol. The fourth-order valence-corrected chi connectivity index (χ4v) is 2.76. The first kappa shape index (κ1) is 13.6. The minimum atomic E-state index is 0.0850. The van der Waals surface area contributed by atoms with Gasteiger partial charge in [0.15, 0.2) is 0 Å². The Morgan fingerprint density at radius 2 is 2.10 bits per heavy atom. The summed E-state index contributed by atoms with van der Waals surface area (Å²) in [4.78, 5) is 20.9. The second-order valence-corrected chi connectivity index (χ2v) is 6.36. The van der Waals surface area contributed by atoms with Gasteiger partial charge in [-0.15, -0.1) is 0 Å². The van der Waals surface area contributed by atoms with Crippen LogP contribution in [-0.2, 0) is 6.54 Å². The molecular formula is C16H23N3O. The summed E-state index contributed by atoms with van der Waals surface area (Å²) in [6, 6.07) is 5.81. The Kier molecular flexibility index (Phi) is 3.74. The quantitative estimate of drug-likeness (QED) is 0.842. The van der Waals surface area contributed by atoms with Crippen LogP contribution in [0.1, 0.15) is 36.5 Å². The van der Waals surface area contributed by atoms with Crippen LogP contribution in [0, 0.1) is 11.8 Å². The van der Waals surface area contributed by atoms with Crippen molar-refractivity contribution in [1.29, 1.82) is 0 Å². The third-order valence-corrected chi connectivity index (χ3v) is 4.48. The van der Waals surface area contributed by atoms with Crippen LogP contribution in [0.25, 0.3) is 0 Å². The molecule has 1 aromatic heterocycles. The molecule has 0 aliphatic carbocycles. The van der Waals surface area contributed by atoms with Gasteiger partial charge < -0.3 is 4.90 Å².